The van der Waals surface area contributed by atoms with Crippen molar-refractivity contribution in [3.8, 4) is 17.7 Å². The van der Waals surface area contributed by atoms with Crippen LogP contribution in [-0.2, 0) is 0 Å². The van der Waals surface area contributed by atoms with Crippen molar-refractivity contribution in [1.82, 2.24) is 9.97 Å². The van der Waals surface area contributed by atoms with Gasteiger partial charge in [0.1, 0.15) is 29.8 Å². The molecule has 0 fully saturated rings. The number of ether oxygens (including phenoxy) is 1. The Hall–Kier alpha value is -2.72. The van der Waals surface area contributed by atoms with Crippen molar-refractivity contribution < 1.29 is 9.13 Å². The molecule has 0 radical (unpaired) electrons. The first-order valence-electron chi connectivity index (χ1n) is 5.31. The second-order valence-corrected chi connectivity index (χ2v) is 3.65. The van der Waals surface area contributed by atoms with Crippen molar-refractivity contribution in [2.75, 3.05) is 5.43 Å². The number of nitrogen functional groups attached to an aromatic ring is 1. The number of anilines is 1. The normalized spacial score (nSPS) is 9.79. The Bertz CT molecular complexity index is 653. The predicted octanol–water partition coefficient (Wildman–Crippen LogP) is 1.87. The van der Waals surface area contributed by atoms with Crippen LogP contribution in [0.1, 0.15) is 11.1 Å². The molecule has 7 heteroatoms. The summed E-state index contributed by atoms with van der Waals surface area (Å²) >= 11 is 0. The number of nitrogens with zero attached hydrogens (tertiary/aromatic N) is 3. The van der Waals surface area contributed by atoms with Crippen LogP contribution in [0.4, 0.5) is 10.2 Å². The van der Waals surface area contributed by atoms with Gasteiger partial charge in [-0.2, -0.15) is 5.26 Å². The molecule has 0 amide bonds. The minimum absolute atomic E-state index is 0.0453. The zero-order valence-corrected chi connectivity index (χ0v) is 10.0. The van der Waals surface area contributed by atoms with Crippen molar-refractivity contribution in [3.63, 3.8) is 0 Å². The molecule has 0 aliphatic heterocycles. The highest BCUT2D eigenvalue weighted by Crippen LogP contribution is 2.26. The van der Waals surface area contributed by atoms with Crippen molar-refractivity contribution in [2.45, 2.75) is 6.92 Å². The summed E-state index contributed by atoms with van der Waals surface area (Å²) in [4.78, 5) is 7.84. The van der Waals surface area contributed by atoms with Crippen molar-refractivity contribution >= 4 is 5.82 Å². The van der Waals surface area contributed by atoms with Gasteiger partial charge in [0.05, 0.1) is 11.1 Å². The van der Waals surface area contributed by atoms with E-state index in [0.717, 1.165) is 6.07 Å². The zero-order chi connectivity index (χ0) is 13.8. The SMILES string of the molecule is Cc1c(NN)ncnc1Oc1ccc(C#N)c(F)c1. The summed E-state index contributed by atoms with van der Waals surface area (Å²) in [5, 5.41) is 8.64. The van der Waals surface area contributed by atoms with E-state index in [1.807, 2.05) is 0 Å². The first-order chi connectivity index (χ1) is 9.15. The summed E-state index contributed by atoms with van der Waals surface area (Å²) in [6.45, 7) is 1.71. The van der Waals surface area contributed by atoms with E-state index in [2.05, 4.69) is 15.4 Å². The lowest BCUT2D eigenvalue weighted by atomic mass is 10.2. The summed E-state index contributed by atoms with van der Waals surface area (Å²) in [6.07, 6.45) is 1.28. The highest BCUT2D eigenvalue weighted by Gasteiger charge is 2.10. The Morgan fingerprint density at radius 3 is 2.84 bits per heavy atom. The van der Waals surface area contributed by atoms with Crippen LogP contribution >= 0.6 is 0 Å². The highest BCUT2D eigenvalue weighted by molar-refractivity contribution is 5.48. The van der Waals surface area contributed by atoms with Crippen LogP contribution in [0.25, 0.3) is 0 Å². The molecule has 1 heterocycles. The molecule has 19 heavy (non-hydrogen) atoms. The number of hydrogen-bond acceptors (Lipinski definition) is 6. The van der Waals surface area contributed by atoms with E-state index in [1.54, 1.807) is 13.0 Å². The van der Waals surface area contributed by atoms with Gasteiger partial charge >= 0.3 is 0 Å². The molecule has 2 aromatic rings. The molecule has 0 saturated carbocycles. The molecule has 96 valence electrons. The lowest BCUT2D eigenvalue weighted by molar-refractivity contribution is 0.453. The Kier molecular flexibility index (Phi) is 3.54. The van der Waals surface area contributed by atoms with Crippen LogP contribution in [0.3, 0.4) is 0 Å². The van der Waals surface area contributed by atoms with Gasteiger partial charge in [0.2, 0.25) is 5.88 Å². The Labute approximate surface area is 108 Å². The second kappa shape index (κ2) is 5.29. The number of nitriles is 1. The fraction of sp³-hybridized carbons (Fsp3) is 0.0833. The van der Waals surface area contributed by atoms with Gasteiger partial charge in [-0.1, -0.05) is 0 Å². The van der Waals surface area contributed by atoms with E-state index in [-0.39, 0.29) is 17.2 Å². The summed E-state index contributed by atoms with van der Waals surface area (Å²) in [5.74, 6) is 5.54. The maximum absolute atomic E-state index is 13.4. The molecular formula is C12H10FN5O. The van der Waals surface area contributed by atoms with Crippen LogP contribution in [0.15, 0.2) is 24.5 Å². The monoisotopic (exact) mass is 259 g/mol. The van der Waals surface area contributed by atoms with Gasteiger partial charge < -0.3 is 10.2 Å². The Morgan fingerprint density at radius 1 is 1.42 bits per heavy atom. The number of hydrazine groups is 1. The average molecular weight is 259 g/mol. The van der Waals surface area contributed by atoms with Gasteiger partial charge in [-0.25, -0.2) is 20.2 Å². The van der Waals surface area contributed by atoms with Gasteiger partial charge in [-0.15, -0.1) is 0 Å². The third-order valence-corrected chi connectivity index (χ3v) is 2.45. The number of nitrogens with one attached hydrogen (secondary N) is 1. The smallest absolute Gasteiger partial charge is 0.227 e. The molecule has 0 aliphatic carbocycles. The summed E-state index contributed by atoms with van der Waals surface area (Å²) < 4.78 is 18.9. The molecule has 0 bridgehead atoms. The quantitative estimate of drug-likeness (QED) is 0.645. The first-order valence-corrected chi connectivity index (χ1v) is 5.31. The zero-order valence-electron chi connectivity index (χ0n) is 10.0. The van der Waals surface area contributed by atoms with E-state index in [9.17, 15) is 4.39 Å². The first kappa shape index (κ1) is 12.7. The lowest BCUT2D eigenvalue weighted by Crippen LogP contribution is -2.11. The molecule has 2 rings (SSSR count). The summed E-state index contributed by atoms with van der Waals surface area (Å²) in [7, 11) is 0. The fourth-order valence-corrected chi connectivity index (χ4v) is 1.44. The number of rotatable bonds is 3. The molecule has 0 unspecified atom stereocenters. The maximum atomic E-state index is 13.4. The van der Waals surface area contributed by atoms with E-state index in [0.29, 0.717) is 11.4 Å². The molecule has 0 saturated heterocycles. The molecular weight excluding hydrogens is 249 g/mol. The van der Waals surface area contributed by atoms with Crippen LogP contribution in [0, 0.1) is 24.1 Å². The molecule has 6 nitrogen and oxygen atoms in total. The minimum Gasteiger partial charge on any atom is -0.438 e. The van der Waals surface area contributed by atoms with Crippen LogP contribution in [-0.4, -0.2) is 9.97 Å². The lowest BCUT2D eigenvalue weighted by Gasteiger charge is -2.10. The van der Waals surface area contributed by atoms with Gasteiger partial charge in [0.15, 0.2) is 0 Å². The Morgan fingerprint density at radius 2 is 2.21 bits per heavy atom. The molecule has 0 atom stereocenters. The number of hydrogen-bond donors (Lipinski definition) is 2. The van der Waals surface area contributed by atoms with Gasteiger partial charge in [-0.3, -0.25) is 0 Å². The van der Waals surface area contributed by atoms with Crippen molar-refractivity contribution in [2.24, 2.45) is 5.84 Å². The predicted molar refractivity (Wildman–Crippen MR) is 65.8 cm³/mol. The van der Waals surface area contributed by atoms with Crippen molar-refractivity contribution in [3.05, 3.63) is 41.5 Å². The number of aromatic nitrogens is 2. The highest BCUT2D eigenvalue weighted by atomic mass is 19.1. The number of nitrogens with two attached hydrogens (primary N) is 1. The fourth-order valence-electron chi connectivity index (χ4n) is 1.44. The van der Waals surface area contributed by atoms with Crippen LogP contribution in [0.5, 0.6) is 11.6 Å². The molecule has 1 aromatic heterocycles. The van der Waals surface area contributed by atoms with Crippen LogP contribution in [0.2, 0.25) is 0 Å². The summed E-state index contributed by atoms with van der Waals surface area (Å²) in [6, 6.07) is 5.68. The standard InChI is InChI=1S/C12H10FN5O/c1-7-11(18-15)16-6-17-12(7)19-9-3-2-8(5-14)10(13)4-9/h2-4,6H,15H2,1H3,(H,16,17,18). The van der Waals surface area contributed by atoms with Crippen molar-refractivity contribution in [1.29, 1.82) is 5.26 Å². The molecule has 0 spiro atoms. The molecule has 1 aromatic carbocycles. The Balaban J connectivity index is 2.32. The minimum atomic E-state index is -0.649. The topological polar surface area (TPSA) is 96.8 Å². The second-order valence-electron chi connectivity index (χ2n) is 3.65. The third kappa shape index (κ3) is 2.59. The summed E-state index contributed by atoms with van der Waals surface area (Å²) in [5.41, 5.74) is 2.95. The maximum Gasteiger partial charge on any atom is 0.227 e. The molecule has 3 N–H and O–H groups in total. The van der Waals surface area contributed by atoms with E-state index < -0.39 is 5.82 Å². The third-order valence-electron chi connectivity index (χ3n) is 2.45. The molecule has 0 aliphatic rings. The average Bonchev–Trinajstić information content (AvgIpc) is 2.41. The van der Waals surface area contributed by atoms with Crippen LogP contribution < -0.4 is 16.0 Å². The van der Waals surface area contributed by atoms with E-state index >= 15 is 0 Å². The van der Waals surface area contributed by atoms with Gasteiger partial charge in [-0.05, 0) is 19.1 Å². The van der Waals surface area contributed by atoms with E-state index in [4.69, 9.17) is 15.8 Å². The number of halogens is 1. The largest absolute Gasteiger partial charge is 0.438 e. The van der Waals surface area contributed by atoms with E-state index in [1.165, 1.54) is 18.5 Å². The van der Waals surface area contributed by atoms with Gasteiger partial charge in [0, 0.05) is 6.07 Å². The van der Waals surface area contributed by atoms with Gasteiger partial charge in [0.25, 0.3) is 0 Å². The number of benzene rings is 1.